The Kier molecular flexibility index (Phi) is 7.91. The minimum Gasteiger partial charge on any atom is -0.355 e. The summed E-state index contributed by atoms with van der Waals surface area (Å²) in [6.45, 7) is 5.28. The number of para-hydroxylation sites is 1. The van der Waals surface area contributed by atoms with Gasteiger partial charge in [0.05, 0.1) is 5.52 Å². The van der Waals surface area contributed by atoms with Crippen LogP contribution in [0.25, 0.3) is 22.3 Å². The van der Waals surface area contributed by atoms with E-state index in [2.05, 4.69) is 56.5 Å². The Labute approximate surface area is 209 Å². The molecule has 6 heteroatoms. The van der Waals surface area contributed by atoms with E-state index >= 15 is 0 Å². The molecule has 0 radical (unpaired) electrons. The van der Waals surface area contributed by atoms with Gasteiger partial charge < -0.3 is 10.2 Å². The number of halogens is 1. The highest BCUT2D eigenvalue weighted by Crippen LogP contribution is 2.29. The van der Waals surface area contributed by atoms with E-state index in [1.165, 1.54) is 5.56 Å². The topological polar surface area (TPSA) is 58.1 Å². The Bertz CT molecular complexity index is 1260. The molecule has 174 valence electrons. The third-order valence-corrected chi connectivity index (χ3v) is 6.03. The third-order valence-electron chi connectivity index (χ3n) is 5.54. The molecule has 0 atom stereocenters. The summed E-state index contributed by atoms with van der Waals surface area (Å²) in [4.78, 5) is 24.6. The zero-order valence-electron chi connectivity index (χ0n) is 19.5. The van der Waals surface area contributed by atoms with Gasteiger partial charge in [-0.25, -0.2) is 9.97 Å². The number of aromatic nitrogens is 2. The summed E-state index contributed by atoms with van der Waals surface area (Å²) in [6, 6.07) is 26.6. The maximum absolute atomic E-state index is 12.5. The minimum atomic E-state index is 0.0466. The number of amides is 1. The molecule has 0 spiro atoms. The number of carbonyl (C=O) groups is 1. The number of rotatable bonds is 9. The number of fused-ring (bicyclic) bond motifs is 1. The van der Waals surface area contributed by atoms with Crippen LogP contribution < -0.4 is 10.2 Å². The lowest BCUT2D eigenvalue weighted by Gasteiger charge is -2.26. The standard InChI is InChI=1S/C28H29BrN4O/c1-20(2)30-26(34)16-18-33(17-15-21-9-4-3-5-10-21)28-24-13-6-7-14-25(24)31-27(32-28)22-11-8-12-23(29)19-22/h3-14,19-20H,15-18H2,1-2H3,(H,30,34). The van der Waals surface area contributed by atoms with Gasteiger partial charge >= 0.3 is 0 Å². The van der Waals surface area contributed by atoms with Gasteiger partial charge in [0.1, 0.15) is 5.82 Å². The largest absolute Gasteiger partial charge is 0.355 e. The monoisotopic (exact) mass is 516 g/mol. The van der Waals surface area contributed by atoms with E-state index in [1.807, 2.05) is 62.4 Å². The SMILES string of the molecule is CC(C)NC(=O)CCN(CCc1ccccc1)c1nc(-c2cccc(Br)c2)nc2ccccc12. The van der Waals surface area contributed by atoms with Crippen molar-refractivity contribution in [2.24, 2.45) is 0 Å². The van der Waals surface area contributed by atoms with Crippen LogP contribution in [0.1, 0.15) is 25.8 Å². The first kappa shape index (κ1) is 23.9. The highest BCUT2D eigenvalue weighted by atomic mass is 79.9. The number of carbonyl (C=O) groups excluding carboxylic acids is 1. The lowest BCUT2D eigenvalue weighted by atomic mass is 10.1. The smallest absolute Gasteiger partial charge is 0.221 e. The van der Waals surface area contributed by atoms with E-state index in [4.69, 9.17) is 9.97 Å². The minimum absolute atomic E-state index is 0.0466. The third kappa shape index (κ3) is 6.20. The van der Waals surface area contributed by atoms with Crippen molar-refractivity contribution in [3.63, 3.8) is 0 Å². The molecule has 4 aromatic rings. The number of benzene rings is 3. The molecule has 0 saturated carbocycles. The molecular weight excluding hydrogens is 488 g/mol. The lowest BCUT2D eigenvalue weighted by molar-refractivity contribution is -0.121. The Balaban J connectivity index is 1.72. The summed E-state index contributed by atoms with van der Waals surface area (Å²) in [7, 11) is 0. The predicted octanol–water partition coefficient (Wildman–Crippen LogP) is 6.02. The fourth-order valence-corrected chi connectivity index (χ4v) is 4.32. The van der Waals surface area contributed by atoms with Crippen LogP contribution >= 0.6 is 15.9 Å². The highest BCUT2D eigenvalue weighted by Gasteiger charge is 2.17. The second-order valence-electron chi connectivity index (χ2n) is 8.59. The van der Waals surface area contributed by atoms with Crippen molar-refractivity contribution in [3.05, 3.63) is 88.9 Å². The molecule has 0 aliphatic heterocycles. The zero-order chi connectivity index (χ0) is 23.9. The van der Waals surface area contributed by atoms with Crippen molar-refractivity contribution in [2.75, 3.05) is 18.0 Å². The maximum Gasteiger partial charge on any atom is 0.221 e. The van der Waals surface area contributed by atoms with Gasteiger partial charge in [0.15, 0.2) is 5.82 Å². The van der Waals surface area contributed by atoms with E-state index in [0.29, 0.717) is 18.8 Å². The molecule has 0 aliphatic rings. The number of nitrogens with zero attached hydrogens (tertiary/aromatic N) is 3. The van der Waals surface area contributed by atoms with Crippen molar-refractivity contribution in [2.45, 2.75) is 32.7 Å². The van der Waals surface area contributed by atoms with Crippen molar-refractivity contribution in [3.8, 4) is 11.4 Å². The quantitative estimate of drug-likeness (QED) is 0.295. The molecule has 0 unspecified atom stereocenters. The summed E-state index contributed by atoms with van der Waals surface area (Å²) in [5.74, 6) is 1.57. The number of anilines is 1. The van der Waals surface area contributed by atoms with Crippen LogP contribution in [0, 0.1) is 0 Å². The second kappa shape index (κ2) is 11.3. The summed E-state index contributed by atoms with van der Waals surface area (Å²) in [5, 5.41) is 3.99. The summed E-state index contributed by atoms with van der Waals surface area (Å²) in [5.41, 5.74) is 3.09. The molecule has 4 rings (SSSR count). The molecule has 1 aromatic heterocycles. The molecule has 1 N–H and O–H groups in total. The first-order valence-corrected chi connectivity index (χ1v) is 12.4. The average Bonchev–Trinajstić information content (AvgIpc) is 2.84. The van der Waals surface area contributed by atoms with E-state index < -0.39 is 0 Å². The highest BCUT2D eigenvalue weighted by molar-refractivity contribution is 9.10. The van der Waals surface area contributed by atoms with E-state index in [1.54, 1.807) is 0 Å². The van der Waals surface area contributed by atoms with Crippen LogP contribution in [-0.2, 0) is 11.2 Å². The van der Waals surface area contributed by atoms with E-state index in [9.17, 15) is 4.79 Å². The van der Waals surface area contributed by atoms with Gasteiger partial charge in [-0.15, -0.1) is 0 Å². The van der Waals surface area contributed by atoms with E-state index in [-0.39, 0.29) is 11.9 Å². The fourth-order valence-electron chi connectivity index (χ4n) is 3.92. The number of hydrogen-bond acceptors (Lipinski definition) is 4. The molecule has 0 aliphatic carbocycles. The molecular formula is C28H29BrN4O. The second-order valence-corrected chi connectivity index (χ2v) is 9.51. The molecule has 5 nitrogen and oxygen atoms in total. The first-order valence-electron chi connectivity index (χ1n) is 11.6. The molecule has 0 bridgehead atoms. The molecule has 0 fully saturated rings. The number of nitrogens with one attached hydrogen (secondary N) is 1. The van der Waals surface area contributed by atoms with Gasteiger partial charge in [-0.05, 0) is 50.1 Å². The van der Waals surface area contributed by atoms with Gasteiger partial charge in [0.2, 0.25) is 5.91 Å². The van der Waals surface area contributed by atoms with Gasteiger partial charge in [0.25, 0.3) is 0 Å². The van der Waals surface area contributed by atoms with E-state index in [0.717, 1.165) is 39.7 Å². The Morgan fingerprint density at radius 1 is 0.941 bits per heavy atom. The van der Waals surface area contributed by atoms with Crippen LogP contribution in [0.4, 0.5) is 5.82 Å². The number of hydrogen-bond donors (Lipinski definition) is 1. The maximum atomic E-state index is 12.5. The van der Waals surface area contributed by atoms with Gasteiger partial charge in [-0.1, -0.05) is 70.5 Å². The van der Waals surface area contributed by atoms with Crippen LogP contribution in [0.15, 0.2) is 83.3 Å². The normalized spacial score (nSPS) is 11.1. The molecule has 0 saturated heterocycles. The summed E-state index contributed by atoms with van der Waals surface area (Å²) in [6.07, 6.45) is 1.26. The average molecular weight is 517 g/mol. The predicted molar refractivity (Wildman–Crippen MR) is 143 cm³/mol. The Hall–Kier alpha value is -3.25. The molecule has 3 aromatic carbocycles. The molecule has 34 heavy (non-hydrogen) atoms. The molecule has 1 heterocycles. The van der Waals surface area contributed by atoms with Crippen molar-refractivity contribution < 1.29 is 4.79 Å². The zero-order valence-corrected chi connectivity index (χ0v) is 21.1. The van der Waals surface area contributed by atoms with Crippen LogP contribution in [0.2, 0.25) is 0 Å². The fraction of sp³-hybridized carbons (Fsp3) is 0.250. The van der Waals surface area contributed by atoms with Crippen LogP contribution in [0.3, 0.4) is 0 Å². The van der Waals surface area contributed by atoms with Crippen molar-refractivity contribution in [1.82, 2.24) is 15.3 Å². The first-order chi connectivity index (χ1) is 16.5. The van der Waals surface area contributed by atoms with Gasteiger partial charge in [-0.3, -0.25) is 4.79 Å². The van der Waals surface area contributed by atoms with Crippen LogP contribution in [0.5, 0.6) is 0 Å². The molecule has 1 amide bonds. The van der Waals surface area contributed by atoms with Crippen molar-refractivity contribution in [1.29, 1.82) is 0 Å². The summed E-state index contributed by atoms with van der Waals surface area (Å²) < 4.78 is 0.981. The Morgan fingerprint density at radius 3 is 2.47 bits per heavy atom. The van der Waals surface area contributed by atoms with Gasteiger partial charge in [-0.2, -0.15) is 0 Å². The van der Waals surface area contributed by atoms with Crippen LogP contribution in [-0.4, -0.2) is 35.0 Å². The van der Waals surface area contributed by atoms with Crippen molar-refractivity contribution >= 4 is 38.6 Å². The van der Waals surface area contributed by atoms with Gasteiger partial charge in [0, 0.05) is 41.0 Å². The Morgan fingerprint density at radius 2 is 1.71 bits per heavy atom. The lowest BCUT2D eigenvalue weighted by Crippen LogP contribution is -2.35. The summed E-state index contributed by atoms with van der Waals surface area (Å²) >= 11 is 3.56.